The van der Waals surface area contributed by atoms with Crippen molar-refractivity contribution in [2.75, 3.05) is 0 Å². The number of hydrogen-bond acceptors (Lipinski definition) is 2. The fourth-order valence-electron chi connectivity index (χ4n) is 4.42. The number of rotatable bonds is 4. The van der Waals surface area contributed by atoms with E-state index in [4.69, 9.17) is 4.74 Å². The van der Waals surface area contributed by atoms with Gasteiger partial charge in [0.1, 0.15) is 17.2 Å². The van der Waals surface area contributed by atoms with E-state index in [1.807, 2.05) is 18.2 Å². The number of halogens is 1. The molecule has 1 atom stereocenters. The zero-order valence-electron chi connectivity index (χ0n) is 15.5. The summed E-state index contributed by atoms with van der Waals surface area (Å²) in [5.74, 6) is 0.696. The third kappa shape index (κ3) is 4.15. The molecule has 1 N–H and O–H groups in total. The minimum Gasteiger partial charge on any atom is -0.487 e. The van der Waals surface area contributed by atoms with E-state index >= 15 is 0 Å². The molecule has 0 radical (unpaired) electrons. The summed E-state index contributed by atoms with van der Waals surface area (Å²) in [5.41, 5.74) is 1.91. The summed E-state index contributed by atoms with van der Waals surface area (Å²) in [6.07, 6.45) is 7.61. The van der Waals surface area contributed by atoms with Gasteiger partial charge in [0.2, 0.25) is 5.91 Å². The molecule has 1 fully saturated rings. The van der Waals surface area contributed by atoms with E-state index in [0.29, 0.717) is 12.8 Å². The van der Waals surface area contributed by atoms with Crippen LogP contribution in [-0.4, -0.2) is 11.5 Å². The number of nitrogens with one attached hydrogen (secondary N) is 1. The fourth-order valence-corrected chi connectivity index (χ4v) is 4.42. The van der Waals surface area contributed by atoms with Crippen LogP contribution < -0.4 is 10.1 Å². The number of benzene rings is 2. The summed E-state index contributed by atoms with van der Waals surface area (Å²) in [4.78, 5) is 12.6. The Bertz CT molecular complexity index is 796. The van der Waals surface area contributed by atoms with Crippen LogP contribution in [0.15, 0.2) is 48.5 Å². The molecular formula is C23H26FNO2. The van der Waals surface area contributed by atoms with Gasteiger partial charge in [-0.05, 0) is 55.9 Å². The highest BCUT2D eigenvalue weighted by molar-refractivity contribution is 5.77. The number of para-hydroxylation sites is 1. The Kier molecular flexibility index (Phi) is 5.15. The van der Waals surface area contributed by atoms with Crippen LogP contribution in [-0.2, 0) is 11.2 Å². The van der Waals surface area contributed by atoms with E-state index in [1.54, 1.807) is 12.1 Å². The molecule has 2 aromatic rings. The first-order valence-electron chi connectivity index (χ1n) is 9.95. The maximum Gasteiger partial charge on any atom is 0.220 e. The van der Waals surface area contributed by atoms with Crippen LogP contribution in [0.5, 0.6) is 5.75 Å². The third-order valence-electron chi connectivity index (χ3n) is 5.85. The first-order chi connectivity index (χ1) is 13.1. The summed E-state index contributed by atoms with van der Waals surface area (Å²) in [6.45, 7) is 0. The number of aryl methyl sites for hydroxylation is 1. The van der Waals surface area contributed by atoms with Gasteiger partial charge in [-0.2, -0.15) is 0 Å². The number of fused-ring (bicyclic) bond motifs is 1. The van der Waals surface area contributed by atoms with Crippen molar-refractivity contribution in [2.45, 2.75) is 63.0 Å². The van der Waals surface area contributed by atoms with E-state index in [0.717, 1.165) is 36.1 Å². The lowest BCUT2D eigenvalue weighted by Crippen LogP contribution is -2.46. The molecule has 0 bridgehead atoms. The van der Waals surface area contributed by atoms with Crippen LogP contribution in [0.3, 0.4) is 0 Å². The maximum absolute atomic E-state index is 13.0. The molecule has 3 nitrogen and oxygen atoms in total. The SMILES string of the molecule is O=C(CCc1ccc(F)cc1)NC1CC2(CCCCC2)Oc2ccccc21. The summed E-state index contributed by atoms with van der Waals surface area (Å²) >= 11 is 0. The van der Waals surface area contributed by atoms with Crippen molar-refractivity contribution in [3.8, 4) is 5.75 Å². The summed E-state index contributed by atoms with van der Waals surface area (Å²) in [6, 6.07) is 14.4. The molecule has 4 heteroatoms. The van der Waals surface area contributed by atoms with Gasteiger partial charge in [-0.1, -0.05) is 36.8 Å². The van der Waals surface area contributed by atoms with Crippen molar-refractivity contribution in [3.05, 3.63) is 65.5 Å². The quantitative estimate of drug-likeness (QED) is 0.816. The lowest BCUT2D eigenvalue weighted by molar-refractivity contribution is -0.122. The van der Waals surface area contributed by atoms with Crippen LogP contribution in [0.25, 0.3) is 0 Å². The number of hydrogen-bond donors (Lipinski definition) is 1. The predicted molar refractivity (Wildman–Crippen MR) is 103 cm³/mol. The Labute approximate surface area is 159 Å². The Hall–Kier alpha value is -2.36. The largest absolute Gasteiger partial charge is 0.487 e. The van der Waals surface area contributed by atoms with Gasteiger partial charge >= 0.3 is 0 Å². The summed E-state index contributed by atoms with van der Waals surface area (Å²) in [7, 11) is 0. The Balaban J connectivity index is 1.44. The highest BCUT2D eigenvalue weighted by Crippen LogP contribution is 2.46. The van der Waals surface area contributed by atoms with E-state index in [-0.39, 0.29) is 23.4 Å². The van der Waals surface area contributed by atoms with Crippen molar-refractivity contribution < 1.29 is 13.9 Å². The normalized spacial score (nSPS) is 20.6. The van der Waals surface area contributed by atoms with Crippen molar-refractivity contribution in [1.82, 2.24) is 5.32 Å². The second-order valence-corrected chi connectivity index (χ2v) is 7.83. The molecule has 0 saturated heterocycles. The monoisotopic (exact) mass is 367 g/mol. The minimum absolute atomic E-state index is 0.00577. The molecule has 0 aromatic heterocycles. The van der Waals surface area contributed by atoms with E-state index < -0.39 is 0 Å². The Morgan fingerprint density at radius 3 is 2.59 bits per heavy atom. The molecule has 1 aliphatic heterocycles. The molecule has 1 aliphatic carbocycles. The smallest absolute Gasteiger partial charge is 0.220 e. The summed E-state index contributed by atoms with van der Waals surface area (Å²) < 4.78 is 19.4. The lowest BCUT2D eigenvalue weighted by Gasteiger charge is -2.44. The average molecular weight is 367 g/mol. The molecule has 1 spiro atoms. The highest BCUT2D eigenvalue weighted by atomic mass is 19.1. The molecular weight excluding hydrogens is 341 g/mol. The number of ether oxygens (including phenoxy) is 1. The first kappa shape index (κ1) is 18.0. The number of amides is 1. The maximum atomic E-state index is 13.0. The second kappa shape index (κ2) is 7.71. The summed E-state index contributed by atoms with van der Waals surface area (Å²) in [5, 5.41) is 3.24. The van der Waals surface area contributed by atoms with Gasteiger partial charge in [-0.15, -0.1) is 0 Å². The molecule has 4 rings (SSSR count). The molecule has 27 heavy (non-hydrogen) atoms. The van der Waals surface area contributed by atoms with Crippen LogP contribution in [0, 0.1) is 5.82 Å². The van der Waals surface area contributed by atoms with Gasteiger partial charge in [0, 0.05) is 18.4 Å². The third-order valence-corrected chi connectivity index (χ3v) is 5.85. The van der Waals surface area contributed by atoms with E-state index in [2.05, 4.69) is 11.4 Å². The van der Waals surface area contributed by atoms with Crippen molar-refractivity contribution in [3.63, 3.8) is 0 Å². The molecule has 1 saturated carbocycles. The van der Waals surface area contributed by atoms with Crippen LogP contribution >= 0.6 is 0 Å². The van der Waals surface area contributed by atoms with Gasteiger partial charge in [0.15, 0.2) is 0 Å². The highest BCUT2D eigenvalue weighted by Gasteiger charge is 2.42. The average Bonchev–Trinajstić information content (AvgIpc) is 2.68. The van der Waals surface area contributed by atoms with Gasteiger partial charge in [-0.25, -0.2) is 4.39 Å². The zero-order valence-corrected chi connectivity index (χ0v) is 15.5. The first-order valence-corrected chi connectivity index (χ1v) is 9.95. The van der Waals surface area contributed by atoms with Gasteiger partial charge < -0.3 is 10.1 Å². The lowest BCUT2D eigenvalue weighted by atomic mass is 9.77. The Morgan fingerprint density at radius 1 is 1.07 bits per heavy atom. The Morgan fingerprint density at radius 2 is 1.81 bits per heavy atom. The molecule has 2 aromatic carbocycles. The van der Waals surface area contributed by atoms with Crippen LogP contribution in [0.2, 0.25) is 0 Å². The topological polar surface area (TPSA) is 38.3 Å². The molecule has 142 valence electrons. The predicted octanol–water partition coefficient (Wildman–Crippen LogP) is 5.10. The molecule has 1 amide bonds. The van der Waals surface area contributed by atoms with Crippen LogP contribution in [0.4, 0.5) is 4.39 Å². The van der Waals surface area contributed by atoms with Crippen LogP contribution in [0.1, 0.15) is 62.1 Å². The van der Waals surface area contributed by atoms with Crippen molar-refractivity contribution >= 4 is 5.91 Å². The minimum atomic E-state index is -0.250. The standard InChI is InChI=1S/C23H26FNO2/c24-18-11-8-17(9-12-18)10-13-22(26)25-20-16-23(14-4-1-5-15-23)27-21-7-3-2-6-19(20)21/h2-3,6-9,11-12,20H,1,4-5,10,13-16H2,(H,25,26). The molecule has 2 aliphatic rings. The van der Waals surface area contributed by atoms with Gasteiger partial charge in [0.05, 0.1) is 6.04 Å². The van der Waals surface area contributed by atoms with Crippen molar-refractivity contribution in [1.29, 1.82) is 0 Å². The van der Waals surface area contributed by atoms with Gasteiger partial charge in [0.25, 0.3) is 0 Å². The zero-order chi connectivity index (χ0) is 18.7. The van der Waals surface area contributed by atoms with Gasteiger partial charge in [-0.3, -0.25) is 4.79 Å². The van der Waals surface area contributed by atoms with Crippen molar-refractivity contribution in [2.24, 2.45) is 0 Å². The molecule has 1 heterocycles. The molecule has 1 unspecified atom stereocenters. The number of carbonyl (C=O) groups excluding carboxylic acids is 1. The second-order valence-electron chi connectivity index (χ2n) is 7.83. The van der Waals surface area contributed by atoms with E-state index in [9.17, 15) is 9.18 Å². The number of carbonyl (C=O) groups is 1. The van der Waals surface area contributed by atoms with E-state index in [1.165, 1.54) is 31.4 Å². The fraction of sp³-hybridized carbons (Fsp3) is 0.435.